The summed E-state index contributed by atoms with van der Waals surface area (Å²) in [6.07, 6.45) is 3.13. The minimum absolute atomic E-state index is 0.109. The number of hydrogen-bond donors (Lipinski definition) is 2. The summed E-state index contributed by atoms with van der Waals surface area (Å²) >= 11 is 0. The molecule has 2 aromatic carbocycles. The molecule has 0 unspecified atom stereocenters. The highest BCUT2D eigenvalue weighted by molar-refractivity contribution is 6.03. The number of anilines is 1. The number of aromatic amines is 1. The van der Waals surface area contributed by atoms with Gasteiger partial charge in [-0.2, -0.15) is 0 Å². The summed E-state index contributed by atoms with van der Waals surface area (Å²) in [5.41, 5.74) is 5.24. The fraction of sp³-hybridized carbons (Fsp3) is 0.273. The summed E-state index contributed by atoms with van der Waals surface area (Å²) in [6.45, 7) is 7.38. The van der Waals surface area contributed by atoms with Gasteiger partial charge in [-0.05, 0) is 70.2 Å². The first kappa shape index (κ1) is 18.9. The first-order valence-electron chi connectivity index (χ1n) is 9.53. The molecule has 0 bridgehead atoms. The van der Waals surface area contributed by atoms with Crippen molar-refractivity contribution in [2.75, 3.05) is 11.9 Å². The fourth-order valence-corrected chi connectivity index (χ4v) is 3.44. The van der Waals surface area contributed by atoms with Gasteiger partial charge in [0.2, 0.25) is 5.95 Å². The molecule has 2 heterocycles. The Morgan fingerprint density at radius 3 is 2.66 bits per heavy atom. The van der Waals surface area contributed by atoms with Gasteiger partial charge in [0, 0.05) is 11.1 Å². The molecule has 7 nitrogen and oxygen atoms in total. The van der Waals surface area contributed by atoms with E-state index in [1.165, 1.54) is 11.1 Å². The van der Waals surface area contributed by atoms with Gasteiger partial charge in [0.1, 0.15) is 5.75 Å². The quantitative estimate of drug-likeness (QED) is 0.656. The number of tetrazole rings is 1. The lowest BCUT2D eigenvalue weighted by Crippen LogP contribution is -2.26. The molecule has 0 fully saturated rings. The van der Waals surface area contributed by atoms with Crippen molar-refractivity contribution in [3.8, 4) is 5.75 Å². The topological polar surface area (TPSA) is 92.8 Å². The zero-order valence-electron chi connectivity index (χ0n) is 16.7. The van der Waals surface area contributed by atoms with E-state index >= 15 is 0 Å². The standard InChI is InChI=1S/C22H23N5O2/c1-14(17-8-9-19-18(13-17)22(2,3)10-11-29-19)12-15-4-6-16(7-5-15)20(28)23-21-24-26-27-25-21/h4-9,12-13H,10-11H2,1-3H3,(H2,23,24,25,26,27,28). The number of carbonyl (C=O) groups excluding carboxylic acids is 1. The number of fused-ring (bicyclic) bond motifs is 1. The van der Waals surface area contributed by atoms with Gasteiger partial charge in [-0.25, -0.2) is 5.10 Å². The van der Waals surface area contributed by atoms with E-state index < -0.39 is 0 Å². The van der Waals surface area contributed by atoms with Crippen molar-refractivity contribution in [3.63, 3.8) is 0 Å². The third-order valence-corrected chi connectivity index (χ3v) is 5.28. The molecule has 2 N–H and O–H groups in total. The Hall–Kier alpha value is -3.48. The van der Waals surface area contributed by atoms with Crippen LogP contribution in [-0.2, 0) is 5.41 Å². The number of nitrogens with zero attached hydrogens (tertiary/aromatic N) is 3. The Balaban J connectivity index is 1.53. The number of ether oxygens (including phenoxy) is 1. The Morgan fingerprint density at radius 1 is 1.17 bits per heavy atom. The van der Waals surface area contributed by atoms with E-state index in [1.54, 1.807) is 12.1 Å². The molecule has 0 atom stereocenters. The van der Waals surface area contributed by atoms with Crippen molar-refractivity contribution in [3.05, 3.63) is 64.7 Å². The number of hydrogen-bond acceptors (Lipinski definition) is 5. The molecule has 1 aliphatic heterocycles. The normalized spacial score (nSPS) is 15.3. The molecule has 7 heteroatoms. The Bertz CT molecular complexity index is 1050. The van der Waals surface area contributed by atoms with Crippen LogP contribution < -0.4 is 10.1 Å². The molecule has 0 aliphatic carbocycles. The van der Waals surface area contributed by atoms with Gasteiger partial charge in [-0.3, -0.25) is 10.1 Å². The van der Waals surface area contributed by atoms with Crippen LogP contribution in [0.25, 0.3) is 11.6 Å². The second-order valence-electron chi connectivity index (χ2n) is 7.85. The second kappa shape index (κ2) is 7.50. The molecular formula is C22H23N5O2. The van der Waals surface area contributed by atoms with Crippen molar-refractivity contribution in [1.82, 2.24) is 20.6 Å². The maximum absolute atomic E-state index is 12.2. The minimum Gasteiger partial charge on any atom is -0.493 e. The highest BCUT2D eigenvalue weighted by Crippen LogP contribution is 2.39. The molecule has 4 rings (SSSR count). The average molecular weight is 389 g/mol. The van der Waals surface area contributed by atoms with E-state index in [0.717, 1.165) is 29.9 Å². The molecule has 29 heavy (non-hydrogen) atoms. The summed E-state index contributed by atoms with van der Waals surface area (Å²) in [7, 11) is 0. The number of amides is 1. The van der Waals surface area contributed by atoms with Crippen molar-refractivity contribution in [2.45, 2.75) is 32.6 Å². The first-order chi connectivity index (χ1) is 13.9. The highest BCUT2D eigenvalue weighted by Gasteiger charge is 2.28. The Labute approximate surface area is 169 Å². The van der Waals surface area contributed by atoms with Crippen molar-refractivity contribution in [2.24, 2.45) is 0 Å². The van der Waals surface area contributed by atoms with Gasteiger partial charge >= 0.3 is 0 Å². The monoisotopic (exact) mass is 389 g/mol. The second-order valence-corrected chi connectivity index (χ2v) is 7.85. The molecule has 0 radical (unpaired) electrons. The number of allylic oxidation sites excluding steroid dienone is 1. The molecule has 0 saturated carbocycles. The number of H-pyrrole nitrogens is 1. The van der Waals surface area contributed by atoms with E-state index in [1.807, 2.05) is 12.1 Å². The van der Waals surface area contributed by atoms with Crippen LogP contribution in [0.3, 0.4) is 0 Å². The van der Waals surface area contributed by atoms with Crippen molar-refractivity contribution in [1.29, 1.82) is 0 Å². The molecule has 1 aliphatic rings. The van der Waals surface area contributed by atoms with E-state index in [4.69, 9.17) is 4.74 Å². The molecule has 1 aromatic heterocycles. The van der Waals surface area contributed by atoms with Crippen LogP contribution in [-0.4, -0.2) is 33.1 Å². The van der Waals surface area contributed by atoms with E-state index in [0.29, 0.717) is 5.56 Å². The number of benzene rings is 2. The maximum atomic E-state index is 12.2. The smallest absolute Gasteiger partial charge is 0.258 e. The number of aromatic nitrogens is 4. The molecule has 148 valence electrons. The van der Waals surface area contributed by atoms with Crippen LogP contribution in [0.5, 0.6) is 5.75 Å². The summed E-state index contributed by atoms with van der Waals surface area (Å²) < 4.78 is 5.81. The third-order valence-electron chi connectivity index (χ3n) is 5.28. The summed E-state index contributed by atoms with van der Waals surface area (Å²) in [4.78, 5) is 12.2. The lowest BCUT2D eigenvalue weighted by atomic mass is 9.79. The zero-order chi connectivity index (χ0) is 20.4. The van der Waals surface area contributed by atoms with E-state index in [2.05, 4.69) is 71.0 Å². The maximum Gasteiger partial charge on any atom is 0.258 e. The van der Waals surface area contributed by atoms with Crippen LogP contribution in [0, 0.1) is 0 Å². The summed E-state index contributed by atoms with van der Waals surface area (Å²) in [5.74, 6) is 0.928. The Kier molecular flexibility index (Phi) is 4.88. The lowest BCUT2D eigenvalue weighted by molar-refractivity contribution is 0.102. The number of nitrogens with one attached hydrogen (secondary N) is 2. The van der Waals surface area contributed by atoms with Gasteiger partial charge in [-0.1, -0.05) is 43.2 Å². The van der Waals surface area contributed by atoms with Gasteiger partial charge < -0.3 is 4.74 Å². The SMILES string of the molecule is CC(=Cc1ccc(C(=O)Nc2nnn[nH]2)cc1)c1ccc2c(c1)C(C)(C)CCO2. The van der Waals surface area contributed by atoms with Gasteiger partial charge in [-0.15, -0.1) is 0 Å². The molecule has 3 aromatic rings. The predicted molar refractivity (Wildman–Crippen MR) is 112 cm³/mol. The first-order valence-corrected chi connectivity index (χ1v) is 9.53. The third kappa shape index (κ3) is 4.03. The minimum atomic E-state index is -0.271. The zero-order valence-corrected chi connectivity index (χ0v) is 16.7. The molecular weight excluding hydrogens is 366 g/mol. The van der Waals surface area contributed by atoms with E-state index in [-0.39, 0.29) is 17.3 Å². The largest absolute Gasteiger partial charge is 0.493 e. The van der Waals surface area contributed by atoms with Crippen LogP contribution in [0.1, 0.15) is 54.2 Å². The highest BCUT2D eigenvalue weighted by atomic mass is 16.5. The van der Waals surface area contributed by atoms with Crippen LogP contribution in [0.2, 0.25) is 0 Å². The molecule has 0 saturated heterocycles. The molecule has 0 spiro atoms. The van der Waals surface area contributed by atoms with Gasteiger partial charge in [0.15, 0.2) is 0 Å². The van der Waals surface area contributed by atoms with Crippen molar-refractivity contribution >= 4 is 23.5 Å². The number of rotatable bonds is 4. The van der Waals surface area contributed by atoms with Crippen LogP contribution >= 0.6 is 0 Å². The predicted octanol–water partition coefficient (Wildman–Crippen LogP) is 4.07. The van der Waals surface area contributed by atoms with E-state index in [9.17, 15) is 4.79 Å². The Morgan fingerprint density at radius 2 is 1.93 bits per heavy atom. The summed E-state index contributed by atoms with van der Waals surface area (Å²) in [5, 5.41) is 15.6. The lowest BCUT2D eigenvalue weighted by Gasteiger charge is -2.32. The fourth-order valence-electron chi connectivity index (χ4n) is 3.44. The summed E-state index contributed by atoms with van der Waals surface area (Å²) in [6, 6.07) is 13.8. The molecule has 1 amide bonds. The van der Waals surface area contributed by atoms with Gasteiger partial charge in [0.05, 0.1) is 6.61 Å². The average Bonchev–Trinajstić information content (AvgIpc) is 3.21. The van der Waals surface area contributed by atoms with Crippen molar-refractivity contribution < 1.29 is 9.53 Å². The van der Waals surface area contributed by atoms with Crippen LogP contribution in [0.15, 0.2) is 42.5 Å². The van der Waals surface area contributed by atoms with Gasteiger partial charge in [0.25, 0.3) is 5.91 Å². The number of carbonyl (C=O) groups is 1. The van der Waals surface area contributed by atoms with Crippen LogP contribution in [0.4, 0.5) is 5.95 Å².